The second-order valence-corrected chi connectivity index (χ2v) is 6.17. The number of hydrogen-bond acceptors (Lipinski definition) is 4. The van der Waals surface area contributed by atoms with Crippen molar-refractivity contribution in [3.8, 4) is 0 Å². The van der Waals surface area contributed by atoms with Gasteiger partial charge in [-0.05, 0) is 50.1 Å². The molecule has 0 aliphatic heterocycles. The smallest absolute Gasteiger partial charge is 0.274 e. The van der Waals surface area contributed by atoms with Gasteiger partial charge in [-0.25, -0.2) is 9.97 Å². The van der Waals surface area contributed by atoms with Crippen LogP contribution in [0.1, 0.15) is 34.2 Å². The second-order valence-electron chi connectivity index (χ2n) is 6.17. The Morgan fingerprint density at radius 1 is 1.00 bits per heavy atom. The lowest BCUT2D eigenvalue weighted by atomic mass is 10.1. The minimum atomic E-state index is -0.258. The Balaban J connectivity index is 1.82. The van der Waals surface area contributed by atoms with Gasteiger partial charge in [0.2, 0.25) is 5.95 Å². The van der Waals surface area contributed by atoms with Gasteiger partial charge in [-0.1, -0.05) is 42.8 Å². The summed E-state index contributed by atoms with van der Waals surface area (Å²) in [5.74, 6) is 0.158. The van der Waals surface area contributed by atoms with E-state index in [-0.39, 0.29) is 5.91 Å². The lowest BCUT2D eigenvalue weighted by Crippen LogP contribution is -2.15. The first-order valence-corrected chi connectivity index (χ1v) is 8.64. The number of amides is 1. The molecule has 1 amide bonds. The van der Waals surface area contributed by atoms with E-state index in [1.807, 2.05) is 56.3 Å². The van der Waals surface area contributed by atoms with E-state index in [9.17, 15) is 4.79 Å². The monoisotopic (exact) mass is 346 g/mol. The molecule has 2 N–H and O–H groups in total. The van der Waals surface area contributed by atoms with Crippen LogP contribution in [0.5, 0.6) is 0 Å². The van der Waals surface area contributed by atoms with Gasteiger partial charge in [-0.3, -0.25) is 4.79 Å². The van der Waals surface area contributed by atoms with Crippen molar-refractivity contribution in [1.29, 1.82) is 0 Å². The fourth-order valence-electron chi connectivity index (χ4n) is 2.64. The highest BCUT2D eigenvalue weighted by atomic mass is 16.1. The van der Waals surface area contributed by atoms with Crippen molar-refractivity contribution < 1.29 is 4.79 Å². The molecule has 3 aromatic rings. The summed E-state index contributed by atoms with van der Waals surface area (Å²) in [6.45, 7) is 5.95. The number of anilines is 3. The summed E-state index contributed by atoms with van der Waals surface area (Å²) in [5, 5.41) is 6.10. The van der Waals surface area contributed by atoms with Gasteiger partial charge < -0.3 is 10.6 Å². The van der Waals surface area contributed by atoms with Crippen LogP contribution in [0, 0.1) is 13.8 Å². The number of aromatic nitrogens is 2. The van der Waals surface area contributed by atoms with E-state index in [4.69, 9.17) is 0 Å². The molecule has 0 radical (unpaired) electrons. The van der Waals surface area contributed by atoms with Gasteiger partial charge >= 0.3 is 0 Å². The van der Waals surface area contributed by atoms with E-state index in [0.717, 1.165) is 29.1 Å². The van der Waals surface area contributed by atoms with Gasteiger partial charge in [0.05, 0.1) is 0 Å². The molecule has 0 saturated heterocycles. The first-order valence-electron chi connectivity index (χ1n) is 8.64. The average molecular weight is 346 g/mol. The maximum atomic E-state index is 12.5. The summed E-state index contributed by atoms with van der Waals surface area (Å²) < 4.78 is 0. The van der Waals surface area contributed by atoms with E-state index in [2.05, 4.69) is 33.6 Å². The number of carbonyl (C=O) groups is 1. The van der Waals surface area contributed by atoms with Gasteiger partial charge in [0.25, 0.3) is 5.91 Å². The van der Waals surface area contributed by atoms with Crippen LogP contribution in [-0.4, -0.2) is 15.9 Å². The molecular formula is C21H22N4O. The zero-order chi connectivity index (χ0) is 18.5. The first-order chi connectivity index (χ1) is 12.5. The van der Waals surface area contributed by atoms with Gasteiger partial charge in [-0.2, -0.15) is 0 Å². The highest BCUT2D eigenvalue weighted by Gasteiger charge is 2.12. The molecule has 0 unspecified atom stereocenters. The summed E-state index contributed by atoms with van der Waals surface area (Å²) in [4.78, 5) is 21.3. The number of nitrogens with one attached hydrogen (secondary N) is 2. The SMILES string of the molecule is CCc1ccccc1Nc1nc(C)cc(C(=O)Nc2ccc(C)cc2)n1. The third-order valence-corrected chi connectivity index (χ3v) is 4.04. The number of nitrogens with zero attached hydrogens (tertiary/aromatic N) is 2. The Morgan fingerprint density at radius 3 is 2.46 bits per heavy atom. The van der Waals surface area contributed by atoms with Gasteiger partial charge in [0, 0.05) is 17.1 Å². The average Bonchev–Trinajstić information content (AvgIpc) is 2.63. The van der Waals surface area contributed by atoms with Gasteiger partial charge in [0.1, 0.15) is 5.69 Å². The summed E-state index contributed by atoms with van der Waals surface area (Å²) in [5.41, 5.74) is 5.05. The van der Waals surface area contributed by atoms with Crippen LogP contribution < -0.4 is 10.6 Å². The molecule has 1 heterocycles. The fraction of sp³-hybridized carbons (Fsp3) is 0.190. The molecule has 0 saturated carbocycles. The van der Waals surface area contributed by atoms with Crippen LogP contribution in [0.15, 0.2) is 54.6 Å². The molecule has 5 nitrogen and oxygen atoms in total. The Bertz CT molecular complexity index is 920. The number of rotatable bonds is 5. The topological polar surface area (TPSA) is 66.9 Å². The zero-order valence-electron chi connectivity index (χ0n) is 15.2. The van der Waals surface area contributed by atoms with Crippen LogP contribution in [0.4, 0.5) is 17.3 Å². The molecule has 0 atom stereocenters. The molecule has 5 heteroatoms. The van der Waals surface area contributed by atoms with E-state index in [0.29, 0.717) is 11.6 Å². The van der Waals surface area contributed by atoms with Crippen molar-refractivity contribution in [3.05, 3.63) is 77.1 Å². The van der Waals surface area contributed by atoms with Crippen molar-refractivity contribution in [2.24, 2.45) is 0 Å². The quantitative estimate of drug-likeness (QED) is 0.705. The molecule has 2 aromatic carbocycles. The Hall–Kier alpha value is -3.21. The Morgan fingerprint density at radius 2 is 1.73 bits per heavy atom. The van der Waals surface area contributed by atoms with Gasteiger partial charge in [-0.15, -0.1) is 0 Å². The van der Waals surface area contributed by atoms with Crippen molar-refractivity contribution in [1.82, 2.24) is 9.97 Å². The standard InChI is InChI=1S/C21H22N4O/c1-4-16-7-5-6-8-18(16)24-21-22-15(3)13-19(25-21)20(26)23-17-11-9-14(2)10-12-17/h5-13H,4H2,1-3H3,(H,23,26)(H,22,24,25). The molecule has 0 fully saturated rings. The maximum absolute atomic E-state index is 12.5. The number of para-hydroxylation sites is 1. The number of benzene rings is 2. The molecular weight excluding hydrogens is 324 g/mol. The van der Waals surface area contributed by atoms with Crippen molar-refractivity contribution in [2.45, 2.75) is 27.2 Å². The Labute approximate surface area is 153 Å². The summed E-state index contributed by atoms with van der Waals surface area (Å²) >= 11 is 0. The Kier molecular flexibility index (Phi) is 5.27. The van der Waals surface area contributed by atoms with Crippen LogP contribution in [0.25, 0.3) is 0 Å². The maximum Gasteiger partial charge on any atom is 0.274 e. The van der Waals surface area contributed by atoms with E-state index >= 15 is 0 Å². The van der Waals surface area contributed by atoms with Crippen LogP contribution in [0.3, 0.4) is 0 Å². The van der Waals surface area contributed by atoms with Crippen LogP contribution in [-0.2, 0) is 6.42 Å². The number of carbonyl (C=O) groups excluding carboxylic acids is 1. The van der Waals surface area contributed by atoms with Gasteiger partial charge in [0.15, 0.2) is 0 Å². The lowest BCUT2D eigenvalue weighted by Gasteiger charge is -2.11. The summed E-state index contributed by atoms with van der Waals surface area (Å²) in [6.07, 6.45) is 0.899. The molecule has 0 bridgehead atoms. The summed E-state index contributed by atoms with van der Waals surface area (Å²) in [7, 11) is 0. The third-order valence-electron chi connectivity index (χ3n) is 4.04. The minimum absolute atomic E-state index is 0.258. The molecule has 0 spiro atoms. The molecule has 132 valence electrons. The lowest BCUT2D eigenvalue weighted by molar-refractivity contribution is 0.102. The predicted molar refractivity (Wildman–Crippen MR) is 105 cm³/mol. The highest BCUT2D eigenvalue weighted by molar-refractivity contribution is 6.03. The largest absolute Gasteiger partial charge is 0.324 e. The molecule has 1 aromatic heterocycles. The number of aryl methyl sites for hydroxylation is 3. The van der Waals surface area contributed by atoms with Crippen LogP contribution >= 0.6 is 0 Å². The molecule has 0 aliphatic rings. The summed E-state index contributed by atoms with van der Waals surface area (Å²) in [6, 6.07) is 17.3. The van der Waals surface area contributed by atoms with E-state index in [1.165, 1.54) is 5.56 Å². The van der Waals surface area contributed by atoms with Crippen LogP contribution in [0.2, 0.25) is 0 Å². The number of hydrogen-bond donors (Lipinski definition) is 2. The van der Waals surface area contributed by atoms with Crippen molar-refractivity contribution in [2.75, 3.05) is 10.6 Å². The second kappa shape index (κ2) is 7.78. The van der Waals surface area contributed by atoms with Crippen molar-refractivity contribution in [3.63, 3.8) is 0 Å². The minimum Gasteiger partial charge on any atom is -0.324 e. The normalized spacial score (nSPS) is 10.4. The zero-order valence-corrected chi connectivity index (χ0v) is 15.2. The van der Waals surface area contributed by atoms with E-state index < -0.39 is 0 Å². The molecule has 0 aliphatic carbocycles. The molecule has 26 heavy (non-hydrogen) atoms. The van der Waals surface area contributed by atoms with E-state index in [1.54, 1.807) is 6.07 Å². The fourth-order valence-corrected chi connectivity index (χ4v) is 2.64. The molecule has 3 rings (SSSR count). The highest BCUT2D eigenvalue weighted by Crippen LogP contribution is 2.20. The first kappa shape index (κ1) is 17.6. The third kappa shape index (κ3) is 4.25. The predicted octanol–water partition coefficient (Wildman–Crippen LogP) is 4.65. The van der Waals surface area contributed by atoms with Crippen molar-refractivity contribution >= 4 is 23.2 Å².